The highest BCUT2D eigenvalue weighted by Crippen LogP contribution is 2.35. The lowest BCUT2D eigenvalue weighted by molar-refractivity contribution is -0.179. The number of nitrogen functional groups attached to an aromatic ring is 1. The number of benzene rings is 1. The summed E-state index contributed by atoms with van der Waals surface area (Å²) < 4.78 is 43.4. The molecule has 1 saturated heterocycles. The third-order valence-corrected chi connectivity index (χ3v) is 3.63. The molecule has 0 radical (unpaired) electrons. The summed E-state index contributed by atoms with van der Waals surface area (Å²) in [6.07, 6.45) is -3.96. The SMILES string of the molecule is Nc1ccc2nc(N3CCC(C(F)(F)F)CC3)oc2c1. The van der Waals surface area contributed by atoms with E-state index >= 15 is 0 Å². The number of hydrogen-bond acceptors (Lipinski definition) is 4. The van der Waals surface area contributed by atoms with Crippen LogP contribution in [-0.4, -0.2) is 24.2 Å². The van der Waals surface area contributed by atoms with E-state index in [9.17, 15) is 13.2 Å². The minimum Gasteiger partial charge on any atom is -0.423 e. The Balaban J connectivity index is 1.76. The van der Waals surface area contributed by atoms with E-state index < -0.39 is 12.1 Å². The molecule has 0 saturated carbocycles. The van der Waals surface area contributed by atoms with Crippen LogP contribution in [-0.2, 0) is 0 Å². The van der Waals surface area contributed by atoms with Gasteiger partial charge in [0.05, 0.1) is 5.92 Å². The Hall–Kier alpha value is -1.92. The van der Waals surface area contributed by atoms with Crippen molar-refractivity contribution >= 4 is 22.8 Å². The van der Waals surface area contributed by atoms with Crippen LogP contribution in [0.1, 0.15) is 12.8 Å². The van der Waals surface area contributed by atoms with Gasteiger partial charge in [0.25, 0.3) is 6.01 Å². The summed E-state index contributed by atoms with van der Waals surface area (Å²) >= 11 is 0. The molecule has 108 valence electrons. The fourth-order valence-corrected chi connectivity index (χ4v) is 2.46. The van der Waals surface area contributed by atoms with Crippen molar-refractivity contribution in [3.63, 3.8) is 0 Å². The van der Waals surface area contributed by atoms with Gasteiger partial charge in [0.2, 0.25) is 0 Å². The number of oxazole rings is 1. The smallest absolute Gasteiger partial charge is 0.391 e. The van der Waals surface area contributed by atoms with E-state index in [0.717, 1.165) is 0 Å². The van der Waals surface area contributed by atoms with Crippen molar-refractivity contribution in [2.45, 2.75) is 19.0 Å². The van der Waals surface area contributed by atoms with Gasteiger partial charge >= 0.3 is 6.18 Å². The quantitative estimate of drug-likeness (QED) is 0.818. The molecule has 2 heterocycles. The monoisotopic (exact) mass is 285 g/mol. The Morgan fingerprint density at radius 3 is 2.60 bits per heavy atom. The Labute approximate surface area is 113 Å². The number of anilines is 2. The number of fused-ring (bicyclic) bond motifs is 1. The van der Waals surface area contributed by atoms with Crippen LogP contribution in [0.4, 0.5) is 24.9 Å². The highest BCUT2D eigenvalue weighted by molar-refractivity contribution is 5.78. The second-order valence-electron chi connectivity index (χ2n) is 5.03. The molecule has 0 amide bonds. The van der Waals surface area contributed by atoms with Crippen LogP contribution < -0.4 is 10.6 Å². The maximum Gasteiger partial charge on any atom is 0.391 e. The largest absolute Gasteiger partial charge is 0.423 e. The number of alkyl halides is 3. The second-order valence-corrected chi connectivity index (χ2v) is 5.03. The molecule has 1 aromatic carbocycles. The number of halogens is 3. The van der Waals surface area contributed by atoms with E-state index in [2.05, 4.69) is 4.98 Å². The molecular formula is C13H14F3N3O. The zero-order valence-electron chi connectivity index (χ0n) is 10.7. The third-order valence-electron chi connectivity index (χ3n) is 3.63. The Morgan fingerprint density at radius 1 is 1.25 bits per heavy atom. The van der Waals surface area contributed by atoms with Crippen molar-refractivity contribution in [3.8, 4) is 0 Å². The summed E-state index contributed by atoms with van der Waals surface area (Å²) in [5.74, 6) is -1.22. The lowest BCUT2D eigenvalue weighted by Gasteiger charge is -2.31. The molecule has 4 nitrogen and oxygen atoms in total. The van der Waals surface area contributed by atoms with Crippen LogP contribution in [0.3, 0.4) is 0 Å². The van der Waals surface area contributed by atoms with Gasteiger partial charge in [-0.3, -0.25) is 0 Å². The number of nitrogens with two attached hydrogens (primary N) is 1. The molecule has 1 fully saturated rings. The first-order chi connectivity index (χ1) is 9.43. The van der Waals surface area contributed by atoms with Crippen molar-refractivity contribution in [1.29, 1.82) is 0 Å². The zero-order valence-corrected chi connectivity index (χ0v) is 10.7. The van der Waals surface area contributed by atoms with Crippen LogP contribution in [0.2, 0.25) is 0 Å². The van der Waals surface area contributed by atoms with E-state index in [1.165, 1.54) is 0 Å². The maximum absolute atomic E-state index is 12.6. The molecule has 2 aromatic rings. The zero-order chi connectivity index (χ0) is 14.3. The molecule has 7 heteroatoms. The first-order valence-corrected chi connectivity index (χ1v) is 6.41. The highest BCUT2D eigenvalue weighted by Gasteiger charge is 2.41. The van der Waals surface area contributed by atoms with Crippen molar-refractivity contribution in [2.24, 2.45) is 5.92 Å². The summed E-state index contributed by atoms with van der Waals surface area (Å²) in [6, 6.07) is 5.48. The number of hydrogen-bond donors (Lipinski definition) is 1. The number of aromatic nitrogens is 1. The van der Waals surface area contributed by atoms with Crippen LogP contribution in [0.15, 0.2) is 22.6 Å². The van der Waals surface area contributed by atoms with Crippen LogP contribution in [0.5, 0.6) is 0 Å². The Morgan fingerprint density at radius 2 is 1.95 bits per heavy atom. The molecule has 0 unspecified atom stereocenters. The molecule has 0 bridgehead atoms. The van der Waals surface area contributed by atoms with Crippen molar-refractivity contribution in [3.05, 3.63) is 18.2 Å². The molecular weight excluding hydrogens is 271 g/mol. The Bertz CT molecular complexity index is 615. The van der Waals surface area contributed by atoms with Crippen molar-refractivity contribution < 1.29 is 17.6 Å². The van der Waals surface area contributed by atoms with Crippen LogP contribution in [0.25, 0.3) is 11.1 Å². The van der Waals surface area contributed by atoms with Gasteiger partial charge in [-0.2, -0.15) is 18.2 Å². The molecule has 0 spiro atoms. The summed E-state index contributed by atoms with van der Waals surface area (Å²) in [7, 11) is 0. The van der Waals surface area contributed by atoms with Gasteiger partial charge in [-0.1, -0.05) is 0 Å². The van der Waals surface area contributed by atoms with E-state index in [4.69, 9.17) is 10.2 Å². The van der Waals surface area contributed by atoms with Gasteiger partial charge in [-0.15, -0.1) is 0 Å². The van der Waals surface area contributed by atoms with E-state index in [1.807, 2.05) is 0 Å². The second kappa shape index (κ2) is 4.57. The third kappa shape index (κ3) is 2.39. The summed E-state index contributed by atoms with van der Waals surface area (Å²) in [5, 5.41) is 0. The minimum absolute atomic E-state index is 0.0738. The first kappa shape index (κ1) is 13.1. The summed E-state index contributed by atoms with van der Waals surface area (Å²) in [4.78, 5) is 6.04. The minimum atomic E-state index is -4.11. The molecule has 1 aromatic heterocycles. The average Bonchev–Trinajstić information content (AvgIpc) is 2.80. The Kier molecular flexibility index (Phi) is 2.99. The van der Waals surface area contributed by atoms with Gasteiger partial charge in [0.1, 0.15) is 5.52 Å². The van der Waals surface area contributed by atoms with Crippen molar-refractivity contribution in [2.75, 3.05) is 23.7 Å². The topological polar surface area (TPSA) is 55.3 Å². The van der Waals surface area contributed by atoms with Crippen LogP contribution in [0, 0.1) is 5.92 Å². The summed E-state index contributed by atoms with van der Waals surface area (Å²) in [6.45, 7) is 0.596. The molecule has 0 aliphatic carbocycles. The number of piperidine rings is 1. The van der Waals surface area contributed by atoms with E-state index in [-0.39, 0.29) is 12.8 Å². The predicted molar refractivity (Wildman–Crippen MR) is 69.4 cm³/mol. The lowest BCUT2D eigenvalue weighted by atomic mass is 9.97. The maximum atomic E-state index is 12.6. The molecule has 0 atom stereocenters. The van der Waals surface area contributed by atoms with E-state index in [1.54, 1.807) is 23.1 Å². The average molecular weight is 285 g/mol. The number of rotatable bonds is 1. The fraction of sp³-hybridized carbons (Fsp3) is 0.462. The molecule has 20 heavy (non-hydrogen) atoms. The van der Waals surface area contributed by atoms with E-state index in [0.29, 0.717) is 35.9 Å². The number of nitrogens with zero attached hydrogens (tertiary/aromatic N) is 2. The molecule has 1 aliphatic heterocycles. The van der Waals surface area contributed by atoms with Gasteiger partial charge in [0, 0.05) is 24.8 Å². The van der Waals surface area contributed by atoms with Gasteiger partial charge in [-0.25, -0.2) is 0 Å². The highest BCUT2D eigenvalue weighted by atomic mass is 19.4. The molecule has 1 aliphatic rings. The van der Waals surface area contributed by atoms with Crippen LogP contribution >= 0.6 is 0 Å². The lowest BCUT2D eigenvalue weighted by Crippen LogP contribution is -2.39. The van der Waals surface area contributed by atoms with Gasteiger partial charge in [-0.05, 0) is 25.0 Å². The standard InChI is InChI=1S/C13H14F3N3O/c14-13(15,16)8-3-5-19(6-4-8)12-18-10-2-1-9(17)7-11(10)20-12/h1-2,7-8H,3-6,17H2. The summed E-state index contributed by atoms with van der Waals surface area (Å²) in [5.41, 5.74) is 7.43. The normalized spacial score (nSPS) is 17.9. The van der Waals surface area contributed by atoms with Crippen molar-refractivity contribution in [1.82, 2.24) is 4.98 Å². The molecule has 2 N–H and O–H groups in total. The first-order valence-electron chi connectivity index (χ1n) is 6.41. The van der Waals surface area contributed by atoms with Gasteiger partial charge < -0.3 is 15.1 Å². The molecule has 3 rings (SSSR count). The van der Waals surface area contributed by atoms with Gasteiger partial charge in [0.15, 0.2) is 5.58 Å². The predicted octanol–water partition coefficient (Wildman–Crippen LogP) is 3.19. The fourth-order valence-electron chi connectivity index (χ4n) is 2.46.